The molecule has 1 amide bonds. The van der Waals surface area contributed by atoms with Crippen molar-refractivity contribution in [1.82, 2.24) is 20.3 Å². The van der Waals surface area contributed by atoms with Crippen molar-refractivity contribution in [2.75, 3.05) is 12.4 Å². The molecule has 1 aromatic carbocycles. The Bertz CT molecular complexity index is 926. The molecule has 2 aromatic heterocycles. The molecule has 0 aliphatic heterocycles. The quantitative estimate of drug-likeness (QED) is 0.617. The molecule has 10 heteroatoms. The van der Waals surface area contributed by atoms with Crippen molar-refractivity contribution in [3.63, 3.8) is 0 Å². The number of benzene rings is 1. The van der Waals surface area contributed by atoms with Crippen LogP contribution in [0.15, 0.2) is 33.9 Å². The fourth-order valence-electron chi connectivity index (χ4n) is 2.15. The number of halogens is 1. The number of amides is 1. The molecule has 3 aromatic rings. The molecule has 2 N–H and O–H groups in total. The molecule has 0 fully saturated rings. The summed E-state index contributed by atoms with van der Waals surface area (Å²) >= 11 is 7.26. The van der Waals surface area contributed by atoms with Gasteiger partial charge in [0.1, 0.15) is 11.5 Å². The minimum atomic E-state index is -0.433. The van der Waals surface area contributed by atoms with E-state index in [1.54, 1.807) is 45.2 Å². The zero-order valence-corrected chi connectivity index (χ0v) is 15.8. The maximum Gasteiger partial charge on any atom is 0.238 e. The van der Waals surface area contributed by atoms with Crippen LogP contribution in [-0.4, -0.2) is 38.6 Å². The molecule has 0 spiro atoms. The number of hydrogen-bond acceptors (Lipinski definition) is 7. The first kappa shape index (κ1) is 18.3. The molecular weight excluding hydrogens is 378 g/mol. The van der Waals surface area contributed by atoms with Crippen molar-refractivity contribution in [2.24, 2.45) is 0 Å². The van der Waals surface area contributed by atoms with Crippen LogP contribution in [0.2, 0.25) is 5.02 Å². The van der Waals surface area contributed by atoms with Crippen LogP contribution in [0.1, 0.15) is 12.7 Å². The molecule has 0 radical (unpaired) electrons. The Kier molecular flexibility index (Phi) is 5.48. The molecule has 0 saturated heterocycles. The smallest absolute Gasteiger partial charge is 0.238 e. The molecular formula is C16H16ClN5O3S. The Balaban J connectivity index is 1.70. The zero-order chi connectivity index (χ0) is 18.7. The molecule has 0 bridgehead atoms. The summed E-state index contributed by atoms with van der Waals surface area (Å²) < 4.78 is 10.2. The lowest BCUT2D eigenvalue weighted by molar-refractivity contribution is -0.115. The van der Waals surface area contributed by atoms with Crippen molar-refractivity contribution in [3.8, 4) is 17.1 Å². The predicted molar refractivity (Wildman–Crippen MR) is 98.6 cm³/mol. The van der Waals surface area contributed by atoms with E-state index in [0.717, 1.165) is 0 Å². The van der Waals surface area contributed by atoms with Crippen LogP contribution >= 0.6 is 23.4 Å². The number of H-pyrrole nitrogens is 1. The zero-order valence-electron chi connectivity index (χ0n) is 14.2. The normalized spacial score (nSPS) is 12.0. The minimum Gasteiger partial charge on any atom is -0.496 e. The molecule has 0 aliphatic rings. The molecule has 3 rings (SSSR count). The first-order valence-corrected chi connectivity index (χ1v) is 8.89. The van der Waals surface area contributed by atoms with E-state index < -0.39 is 5.25 Å². The highest BCUT2D eigenvalue weighted by molar-refractivity contribution is 8.00. The van der Waals surface area contributed by atoms with Crippen LogP contribution < -0.4 is 10.1 Å². The summed E-state index contributed by atoms with van der Waals surface area (Å²) in [4.78, 5) is 16.6. The van der Waals surface area contributed by atoms with Gasteiger partial charge in [-0.25, -0.2) is 4.98 Å². The fraction of sp³-hybridized carbons (Fsp3) is 0.250. The van der Waals surface area contributed by atoms with E-state index in [1.807, 2.05) is 0 Å². The second-order valence-corrected chi connectivity index (χ2v) is 7.13. The second kappa shape index (κ2) is 7.79. The van der Waals surface area contributed by atoms with Crippen LogP contribution in [-0.2, 0) is 4.79 Å². The number of carbonyl (C=O) groups excluding carboxylic acids is 1. The Labute approximate surface area is 158 Å². The Morgan fingerprint density at radius 1 is 1.42 bits per heavy atom. The average Bonchev–Trinajstić information content (AvgIpc) is 3.23. The van der Waals surface area contributed by atoms with E-state index in [1.165, 1.54) is 11.8 Å². The molecule has 8 nitrogen and oxygen atoms in total. The standard InChI is InChI=1S/C16H16ClN5O3S/c1-8-6-13(22-25-8)18-15(23)9(2)26-16-19-14(20-21-16)11-7-10(17)4-5-12(11)24-3/h4-7,9H,1-3H3,(H,18,22,23)(H,19,20,21)/t9-/m1/s1. The van der Waals surface area contributed by atoms with Crippen LogP contribution in [0.3, 0.4) is 0 Å². The number of thioether (sulfide) groups is 1. The van der Waals surface area contributed by atoms with E-state index >= 15 is 0 Å². The summed E-state index contributed by atoms with van der Waals surface area (Å²) in [6, 6.07) is 6.86. The van der Waals surface area contributed by atoms with Crippen molar-refractivity contribution in [1.29, 1.82) is 0 Å². The topological polar surface area (TPSA) is 106 Å². The van der Waals surface area contributed by atoms with Crippen LogP contribution in [0, 0.1) is 6.92 Å². The molecule has 1 atom stereocenters. The lowest BCUT2D eigenvalue weighted by Crippen LogP contribution is -2.22. The number of ether oxygens (including phenoxy) is 1. The summed E-state index contributed by atoms with van der Waals surface area (Å²) in [5.74, 6) is 1.89. The average molecular weight is 394 g/mol. The highest BCUT2D eigenvalue weighted by Crippen LogP contribution is 2.31. The predicted octanol–water partition coefficient (Wildman–Crippen LogP) is 3.55. The number of aryl methyl sites for hydroxylation is 1. The minimum absolute atomic E-state index is 0.227. The second-order valence-electron chi connectivity index (χ2n) is 5.38. The van der Waals surface area contributed by atoms with E-state index in [4.69, 9.17) is 20.9 Å². The van der Waals surface area contributed by atoms with Crippen LogP contribution in [0.5, 0.6) is 5.75 Å². The number of carbonyl (C=O) groups is 1. The number of aromatic nitrogens is 4. The van der Waals surface area contributed by atoms with Gasteiger partial charge in [0.2, 0.25) is 11.1 Å². The van der Waals surface area contributed by atoms with Gasteiger partial charge in [0.15, 0.2) is 11.6 Å². The fourth-order valence-corrected chi connectivity index (χ4v) is 3.05. The first-order chi connectivity index (χ1) is 12.5. The summed E-state index contributed by atoms with van der Waals surface area (Å²) in [6.45, 7) is 3.50. The summed E-state index contributed by atoms with van der Waals surface area (Å²) in [6.07, 6.45) is 0. The molecule has 0 saturated carbocycles. The van der Waals surface area contributed by atoms with Crippen LogP contribution in [0.4, 0.5) is 5.82 Å². The van der Waals surface area contributed by atoms with Crippen molar-refractivity contribution >= 4 is 35.1 Å². The Morgan fingerprint density at radius 3 is 2.92 bits per heavy atom. The summed E-state index contributed by atoms with van der Waals surface area (Å²) in [5.41, 5.74) is 0.689. The summed E-state index contributed by atoms with van der Waals surface area (Å²) in [5, 5.41) is 14.0. The molecule has 0 aliphatic carbocycles. The third kappa shape index (κ3) is 4.17. The van der Waals surface area contributed by atoms with Gasteiger partial charge in [-0.15, -0.1) is 5.10 Å². The van der Waals surface area contributed by atoms with Crippen LogP contribution in [0.25, 0.3) is 11.4 Å². The highest BCUT2D eigenvalue weighted by Gasteiger charge is 2.19. The van der Waals surface area contributed by atoms with Crippen molar-refractivity contribution in [3.05, 3.63) is 35.0 Å². The van der Waals surface area contributed by atoms with Gasteiger partial charge >= 0.3 is 0 Å². The van der Waals surface area contributed by atoms with Gasteiger partial charge in [0.05, 0.1) is 17.9 Å². The van der Waals surface area contributed by atoms with Gasteiger partial charge < -0.3 is 14.6 Å². The van der Waals surface area contributed by atoms with Gasteiger partial charge in [-0.05, 0) is 32.0 Å². The Hall–Kier alpha value is -2.52. The maximum atomic E-state index is 12.2. The number of rotatable bonds is 6. The number of methoxy groups -OCH3 is 1. The maximum absolute atomic E-state index is 12.2. The van der Waals surface area contributed by atoms with Gasteiger partial charge in [-0.2, -0.15) is 0 Å². The van der Waals surface area contributed by atoms with Gasteiger partial charge in [-0.3, -0.25) is 9.89 Å². The molecule has 0 unspecified atom stereocenters. The van der Waals surface area contributed by atoms with E-state index in [0.29, 0.717) is 38.9 Å². The number of aromatic amines is 1. The third-order valence-corrected chi connectivity index (χ3v) is 4.61. The van der Waals surface area contributed by atoms with Crippen molar-refractivity contribution < 1.29 is 14.1 Å². The van der Waals surface area contributed by atoms with E-state index in [2.05, 4.69) is 25.7 Å². The van der Waals surface area contributed by atoms with Gasteiger partial charge in [0.25, 0.3) is 0 Å². The SMILES string of the molecule is COc1ccc(Cl)cc1-c1nc(S[C@H](C)C(=O)Nc2cc(C)on2)n[nH]1. The van der Waals surface area contributed by atoms with E-state index in [-0.39, 0.29) is 5.91 Å². The molecule has 2 heterocycles. The van der Waals surface area contributed by atoms with Gasteiger partial charge in [0, 0.05) is 11.1 Å². The number of nitrogens with one attached hydrogen (secondary N) is 2. The Morgan fingerprint density at radius 2 is 2.23 bits per heavy atom. The van der Waals surface area contributed by atoms with E-state index in [9.17, 15) is 4.79 Å². The number of hydrogen-bond donors (Lipinski definition) is 2. The summed E-state index contributed by atoms with van der Waals surface area (Å²) in [7, 11) is 1.57. The van der Waals surface area contributed by atoms with Crippen molar-refractivity contribution in [2.45, 2.75) is 24.3 Å². The largest absolute Gasteiger partial charge is 0.496 e. The lowest BCUT2D eigenvalue weighted by atomic mass is 10.2. The molecule has 136 valence electrons. The highest BCUT2D eigenvalue weighted by atomic mass is 35.5. The number of anilines is 1. The molecule has 26 heavy (non-hydrogen) atoms. The first-order valence-electron chi connectivity index (χ1n) is 7.63. The third-order valence-electron chi connectivity index (χ3n) is 3.41. The lowest BCUT2D eigenvalue weighted by Gasteiger charge is -2.07. The van der Waals surface area contributed by atoms with Gasteiger partial charge in [-0.1, -0.05) is 28.5 Å². The number of nitrogens with zero attached hydrogens (tertiary/aromatic N) is 3. The monoisotopic (exact) mass is 393 g/mol.